The Morgan fingerprint density at radius 1 is 0.793 bits per heavy atom. The van der Waals surface area contributed by atoms with Gasteiger partial charge >= 0.3 is 0 Å². The number of ether oxygens (including phenoxy) is 1. The lowest BCUT2D eigenvalue weighted by Crippen LogP contribution is -2.11. The number of anilines is 3. The van der Waals surface area contributed by atoms with Crippen LogP contribution < -0.4 is 4.90 Å². The fourth-order valence-corrected chi connectivity index (χ4v) is 3.51. The highest BCUT2D eigenvalue weighted by Crippen LogP contribution is 2.35. The van der Waals surface area contributed by atoms with Crippen molar-refractivity contribution < 1.29 is 4.74 Å². The van der Waals surface area contributed by atoms with Crippen LogP contribution in [-0.2, 0) is 4.74 Å². The molecular formula is C24H20N4O. The molecule has 0 spiro atoms. The molecule has 0 aliphatic carbocycles. The fourth-order valence-electron chi connectivity index (χ4n) is 3.51. The molecular weight excluding hydrogens is 360 g/mol. The molecule has 0 atom stereocenters. The first-order valence-corrected chi connectivity index (χ1v) is 9.61. The Bertz CT molecular complexity index is 1140. The Hall–Kier alpha value is -3.86. The van der Waals surface area contributed by atoms with Gasteiger partial charge in [-0.25, -0.2) is 9.67 Å². The standard InChI is InChI=1S/C24H20N4O/c1-2-8-20(9-3-1)28(22-11-4-7-19(17-22)24-25-14-16-29-24)23-12-5-10-21(18-23)27-15-6-13-26-27/h1-13,15,17-18H,14,16H2. The van der Waals surface area contributed by atoms with Crippen LogP contribution in [0.3, 0.4) is 0 Å². The summed E-state index contributed by atoms with van der Waals surface area (Å²) in [5.41, 5.74) is 5.17. The van der Waals surface area contributed by atoms with Crippen molar-refractivity contribution in [2.75, 3.05) is 18.1 Å². The maximum absolute atomic E-state index is 5.67. The van der Waals surface area contributed by atoms with Crippen molar-refractivity contribution in [3.63, 3.8) is 0 Å². The number of hydrogen-bond acceptors (Lipinski definition) is 4. The minimum absolute atomic E-state index is 0.647. The van der Waals surface area contributed by atoms with Gasteiger partial charge in [-0.3, -0.25) is 0 Å². The molecule has 5 nitrogen and oxygen atoms in total. The van der Waals surface area contributed by atoms with Crippen LogP contribution in [0.4, 0.5) is 17.1 Å². The van der Waals surface area contributed by atoms with Crippen molar-refractivity contribution in [1.82, 2.24) is 9.78 Å². The number of hydrogen-bond donors (Lipinski definition) is 0. The van der Waals surface area contributed by atoms with Crippen LogP contribution in [0.1, 0.15) is 5.56 Å². The molecule has 29 heavy (non-hydrogen) atoms. The molecule has 1 aromatic heterocycles. The second kappa shape index (κ2) is 7.64. The van der Waals surface area contributed by atoms with Crippen LogP contribution in [-0.4, -0.2) is 28.8 Å². The molecule has 0 radical (unpaired) electrons. The second-order valence-electron chi connectivity index (χ2n) is 6.73. The molecule has 0 N–H and O–H groups in total. The summed E-state index contributed by atoms with van der Waals surface area (Å²) in [6.07, 6.45) is 3.73. The first-order chi connectivity index (χ1) is 14.4. The minimum atomic E-state index is 0.647. The van der Waals surface area contributed by atoms with E-state index in [0.717, 1.165) is 28.3 Å². The number of aliphatic imine (C=N–C) groups is 1. The maximum Gasteiger partial charge on any atom is 0.216 e. The van der Waals surface area contributed by atoms with Gasteiger partial charge in [0.25, 0.3) is 0 Å². The number of benzene rings is 3. The predicted molar refractivity (Wildman–Crippen MR) is 116 cm³/mol. The zero-order valence-electron chi connectivity index (χ0n) is 15.8. The third kappa shape index (κ3) is 3.50. The summed E-state index contributed by atoms with van der Waals surface area (Å²) >= 11 is 0. The highest BCUT2D eigenvalue weighted by molar-refractivity contribution is 5.96. The van der Waals surface area contributed by atoms with Gasteiger partial charge in [0.05, 0.1) is 12.2 Å². The van der Waals surface area contributed by atoms with E-state index in [4.69, 9.17) is 4.74 Å². The molecule has 142 valence electrons. The lowest BCUT2D eigenvalue weighted by Gasteiger charge is -2.26. The topological polar surface area (TPSA) is 42.6 Å². The molecule has 0 bridgehead atoms. The Labute approximate surface area is 169 Å². The lowest BCUT2D eigenvalue weighted by atomic mass is 10.1. The number of para-hydroxylation sites is 1. The van der Waals surface area contributed by atoms with Crippen molar-refractivity contribution in [3.05, 3.63) is 103 Å². The van der Waals surface area contributed by atoms with Gasteiger partial charge in [0.1, 0.15) is 6.61 Å². The van der Waals surface area contributed by atoms with Crippen molar-refractivity contribution in [2.45, 2.75) is 0 Å². The van der Waals surface area contributed by atoms with E-state index in [1.54, 1.807) is 6.20 Å². The molecule has 0 saturated heterocycles. The van der Waals surface area contributed by atoms with Crippen molar-refractivity contribution in [1.29, 1.82) is 0 Å². The van der Waals surface area contributed by atoms with Crippen molar-refractivity contribution in [3.8, 4) is 5.69 Å². The minimum Gasteiger partial charge on any atom is -0.476 e. The van der Waals surface area contributed by atoms with E-state index in [1.807, 2.05) is 47.3 Å². The van der Waals surface area contributed by atoms with E-state index in [9.17, 15) is 0 Å². The van der Waals surface area contributed by atoms with Gasteiger partial charge in [-0.15, -0.1) is 0 Å². The van der Waals surface area contributed by atoms with Crippen molar-refractivity contribution >= 4 is 23.0 Å². The Morgan fingerprint density at radius 3 is 2.34 bits per heavy atom. The van der Waals surface area contributed by atoms with Gasteiger partial charge in [0.2, 0.25) is 5.90 Å². The monoisotopic (exact) mass is 380 g/mol. The summed E-state index contributed by atoms with van der Waals surface area (Å²) in [5.74, 6) is 0.713. The highest BCUT2D eigenvalue weighted by Gasteiger charge is 2.16. The SMILES string of the molecule is c1ccc(N(c2cccc(C3=NCCO3)c2)c2cccc(-n3cccn3)c2)cc1. The summed E-state index contributed by atoms with van der Waals surface area (Å²) in [4.78, 5) is 6.69. The Kier molecular flexibility index (Phi) is 4.54. The van der Waals surface area contributed by atoms with Gasteiger partial charge < -0.3 is 9.64 Å². The molecule has 3 aromatic carbocycles. The molecule has 0 fully saturated rings. The summed E-state index contributed by atoms with van der Waals surface area (Å²) in [6, 6.07) is 28.9. The molecule has 5 rings (SSSR count). The van der Waals surface area contributed by atoms with E-state index in [0.29, 0.717) is 19.0 Å². The Morgan fingerprint density at radius 2 is 1.59 bits per heavy atom. The average Bonchev–Trinajstić information content (AvgIpc) is 3.50. The third-order valence-corrected chi connectivity index (χ3v) is 4.81. The van der Waals surface area contributed by atoms with E-state index in [2.05, 4.69) is 63.5 Å². The molecule has 0 unspecified atom stereocenters. The summed E-state index contributed by atoms with van der Waals surface area (Å²) in [6.45, 7) is 1.36. The van der Waals surface area contributed by atoms with Crippen LogP contribution in [0.2, 0.25) is 0 Å². The largest absolute Gasteiger partial charge is 0.476 e. The summed E-state index contributed by atoms with van der Waals surface area (Å²) in [7, 11) is 0. The van der Waals surface area contributed by atoms with Gasteiger partial charge in [0.15, 0.2) is 0 Å². The number of rotatable bonds is 5. The average molecular weight is 380 g/mol. The summed E-state index contributed by atoms with van der Waals surface area (Å²) in [5, 5.41) is 4.36. The molecule has 0 saturated carbocycles. The van der Waals surface area contributed by atoms with Crippen LogP contribution in [0.15, 0.2) is 102 Å². The highest BCUT2D eigenvalue weighted by atomic mass is 16.5. The molecule has 0 amide bonds. The molecule has 5 heteroatoms. The summed E-state index contributed by atoms with van der Waals surface area (Å²) < 4.78 is 7.54. The molecule has 2 heterocycles. The Balaban J connectivity index is 1.62. The molecule has 1 aliphatic heterocycles. The number of aromatic nitrogens is 2. The fraction of sp³-hybridized carbons (Fsp3) is 0.0833. The molecule has 1 aliphatic rings. The smallest absolute Gasteiger partial charge is 0.216 e. The van der Waals surface area contributed by atoms with Crippen molar-refractivity contribution in [2.24, 2.45) is 4.99 Å². The normalized spacial score (nSPS) is 13.0. The predicted octanol–water partition coefficient (Wildman–Crippen LogP) is 5.12. The zero-order chi connectivity index (χ0) is 19.5. The van der Waals surface area contributed by atoms with Crippen LogP contribution in [0.25, 0.3) is 5.69 Å². The van der Waals surface area contributed by atoms with Gasteiger partial charge in [0, 0.05) is 35.0 Å². The van der Waals surface area contributed by atoms with Crippen LogP contribution >= 0.6 is 0 Å². The van der Waals surface area contributed by atoms with Crippen LogP contribution in [0.5, 0.6) is 0 Å². The third-order valence-electron chi connectivity index (χ3n) is 4.81. The van der Waals surface area contributed by atoms with E-state index in [-0.39, 0.29) is 0 Å². The quantitative estimate of drug-likeness (QED) is 0.483. The maximum atomic E-state index is 5.67. The van der Waals surface area contributed by atoms with Gasteiger partial charge in [-0.05, 0) is 54.6 Å². The zero-order valence-corrected chi connectivity index (χ0v) is 15.8. The second-order valence-corrected chi connectivity index (χ2v) is 6.73. The van der Waals surface area contributed by atoms with E-state index in [1.165, 1.54) is 0 Å². The first kappa shape index (κ1) is 17.3. The van der Waals surface area contributed by atoms with E-state index >= 15 is 0 Å². The molecule has 4 aromatic rings. The number of nitrogens with zero attached hydrogens (tertiary/aromatic N) is 4. The van der Waals surface area contributed by atoms with Gasteiger partial charge in [-0.1, -0.05) is 30.3 Å². The van der Waals surface area contributed by atoms with E-state index < -0.39 is 0 Å². The lowest BCUT2D eigenvalue weighted by molar-refractivity contribution is 0.348. The van der Waals surface area contributed by atoms with Gasteiger partial charge in [-0.2, -0.15) is 5.10 Å². The first-order valence-electron chi connectivity index (χ1n) is 9.61. The van der Waals surface area contributed by atoms with Crippen LogP contribution in [0, 0.1) is 0 Å².